The highest BCUT2D eigenvalue weighted by Gasteiger charge is 2.18. The Balaban J connectivity index is 2.14. The lowest BCUT2D eigenvalue weighted by atomic mass is 10.1. The molecule has 1 amide bonds. The predicted octanol–water partition coefficient (Wildman–Crippen LogP) is 2.82. The van der Waals surface area contributed by atoms with Crippen molar-refractivity contribution in [3.05, 3.63) is 59.9 Å². The third-order valence-corrected chi connectivity index (χ3v) is 4.74. The van der Waals surface area contributed by atoms with Crippen molar-refractivity contribution >= 4 is 21.6 Å². The van der Waals surface area contributed by atoms with Gasteiger partial charge in [0, 0.05) is 18.7 Å². The summed E-state index contributed by atoms with van der Waals surface area (Å²) in [7, 11) is -3.72. The fourth-order valence-corrected chi connectivity index (χ4v) is 3.27. The molecule has 2 rings (SSSR count). The Bertz CT molecular complexity index is 787. The first-order valence-electron chi connectivity index (χ1n) is 6.93. The minimum Gasteiger partial charge on any atom is -0.326 e. The van der Waals surface area contributed by atoms with E-state index in [-0.39, 0.29) is 16.6 Å². The monoisotopic (exact) mass is 336 g/mol. The van der Waals surface area contributed by atoms with Crippen molar-refractivity contribution in [2.45, 2.75) is 24.8 Å². The second-order valence-electron chi connectivity index (χ2n) is 5.10. The molecule has 0 aliphatic rings. The van der Waals surface area contributed by atoms with Gasteiger partial charge in [0.15, 0.2) is 0 Å². The molecule has 122 valence electrons. The number of amides is 1. The molecule has 0 fully saturated rings. The summed E-state index contributed by atoms with van der Waals surface area (Å²) in [5.41, 5.74) is 1.17. The summed E-state index contributed by atoms with van der Waals surface area (Å²) < 4.78 is 40.1. The summed E-state index contributed by atoms with van der Waals surface area (Å²) in [6.07, 6.45) is 0. The van der Waals surface area contributed by atoms with Gasteiger partial charge in [-0.1, -0.05) is 12.1 Å². The Morgan fingerprint density at radius 3 is 2.13 bits per heavy atom. The summed E-state index contributed by atoms with van der Waals surface area (Å²) in [5.74, 6) is -0.610. The quantitative estimate of drug-likeness (QED) is 0.881. The van der Waals surface area contributed by atoms with Gasteiger partial charge in [-0.15, -0.1) is 0 Å². The van der Waals surface area contributed by atoms with E-state index >= 15 is 0 Å². The first-order chi connectivity index (χ1) is 10.8. The number of sulfonamides is 1. The molecule has 5 nitrogen and oxygen atoms in total. The van der Waals surface area contributed by atoms with Crippen LogP contribution in [-0.4, -0.2) is 14.3 Å². The topological polar surface area (TPSA) is 75.3 Å². The van der Waals surface area contributed by atoms with Crippen LogP contribution in [0.2, 0.25) is 0 Å². The van der Waals surface area contributed by atoms with Crippen LogP contribution in [0.5, 0.6) is 0 Å². The van der Waals surface area contributed by atoms with E-state index in [1.165, 1.54) is 55.5 Å². The van der Waals surface area contributed by atoms with Crippen molar-refractivity contribution in [1.29, 1.82) is 0 Å². The lowest BCUT2D eigenvalue weighted by Gasteiger charge is -2.15. The highest BCUT2D eigenvalue weighted by atomic mass is 32.2. The maximum Gasteiger partial charge on any atom is 0.241 e. The first-order valence-corrected chi connectivity index (χ1v) is 8.42. The molecule has 7 heteroatoms. The lowest BCUT2D eigenvalue weighted by Crippen LogP contribution is -2.26. The van der Waals surface area contributed by atoms with E-state index in [1.54, 1.807) is 6.92 Å². The number of hydrogen-bond acceptors (Lipinski definition) is 3. The summed E-state index contributed by atoms with van der Waals surface area (Å²) >= 11 is 0. The zero-order valence-electron chi connectivity index (χ0n) is 12.7. The number of anilines is 1. The molecule has 1 atom stereocenters. The number of hydrogen-bond donors (Lipinski definition) is 2. The van der Waals surface area contributed by atoms with Crippen molar-refractivity contribution < 1.29 is 17.6 Å². The predicted molar refractivity (Wildman–Crippen MR) is 85.9 cm³/mol. The van der Waals surface area contributed by atoms with Gasteiger partial charge in [-0.25, -0.2) is 17.5 Å². The maximum atomic E-state index is 12.9. The van der Waals surface area contributed by atoms with Gasteiger partial charge in [-0.3, -0.25) is 4.79 Å². The zero-order chi connectivity index (χ0) is 17.0. The summed E-state index contributed by atoms with van der Waals surface area (Å²) in [6.45, 7) is 3.05. The van der Waals surface area contributed by atoms with Crippen LogP contribution in [0.15, 0.2) is 53.4 Å². The second kappa shape index (κ2) is 6.89. The lowest BCUT2D eigenvalue weighted by molar-refractivity contribution is -0.114. The van der Waals surface area contributed by atoms with Crippen molar-refractivity contribution in [3.8, 4) is 0 Å². The Hall–Kier alpha value is -2.25. The van der Waals surface area contributed by atoms with Gasteiger partial charge in [0.05, 0.1) is 4.90 Å². The van der Waals surface area contributed by atoms with Gasteiger partial charge in [-0.2, -0.15) is 0 Å². The minimum absolute atomic E-state index is 0.0839. The van der Waals surface area contributed by atoms with Gasteiger partial charge in [0.1, 0.15) is 5.82 Å². The Morgan fingerprint density at radius 1 is 1.04 bits per heavy atom. The molecule has 0 spiro atoms. The number of benzene rings is 2. The fraction of sp³-hybridized carbons (Fsp3) is 0.188. The first kappa shape index (κ1) is 17.1. The number of carbonyl (C=O) groups excluding carboxylic acids is 1. The van der Waals surface area contributed by atoms with Crippen LogP contribution in [-0.2, 0) is 14.8 Å². The van der Waals surface area contributed by atoms with E-state index in [2.05, 4.69) is 10.0 Å². The smallest absolute Gasteiger partial charge is 0.241 e. The van der Waals surface area contributed by atoms with Crippen molar-refractivity contribution in [1.82, 2.24) is 4.72 Å². The molecule has 2 N–H and O–H groups in total. The van der Waals surface area contributed by atoms with Crippen LogP contribution in [0.4, 0.5) is 10.1 Å². The summed E-state index contributed by atoms with van der Waals surface area (Å²) in [4.78, 5) is 11.0. The average Bonchev–Trinajstić information content (AvgIpc) is 2.47. The Labute approximate surface area is 134 Å². The third-order valence-electron chi connectivity index (χ3n) is 3.19. The highest BCUT2D eigenvalue weighted by Crippen LogP contribution is 2.19. The molecule has 23 heavy (non-hydrogen) atoms. The largest absolute Gasteiger partial charge is 0.326 e. The van der Waals surface area contributed by atoms with Gasteiger partial charge in [0.2, 0.25) is 15.9 Å². The van der Waals surface area contributed by atoms with Gasteiger partial charge < -0.3 is 5.32 Å². The van der Waals surface area contributed by atoms with Crippen LogP contribution >= 0.6 is 0 Å². The van der Waals surface area contributed by atoms with E-state index in [9.17, 15) is 17.6 Å². The molecular formula is C16H17FN2O3S. The van der Waals surface area contributed by atoms with Crippen molar-refractivity contribution in [2.24, 2.45) is 0 Å². The van der Waals surface area contributed by atoms with E-state index < -0.39 is 16.1 Å². The molecule has 0 saturated carbocycles. The summed E-state index contributed by atoms with van der Waals surface area (Å²) in [5, 5.41) is 2.57. The maximum absolute atomic E-state index is 12.9. The van der Waals surface area contributed by atoms with E-state index in [4.69, 9.17) is 0 Å². The number of nitrogens with one attached hydrogen (secondary N) is 2. The minimum atomic E-state index is -3.72. The molecule has 0 aromatic heterocycles. The highest BCUT2D eigenvalue weighted by molar-refractivity contribution is 7.89. The van der Waals surface area contributed by atoms with Crippen LogP contribution in [0.25, 0.3) is 0 Å². The molecule has 0 aliphatic heterocycles. The second-order valence-corrected chi connectivity index (χ2v) is 6.81. The third kappa shape index (κ3) is 4.61. The van der Waals surface area contributed by atoms with Crippen molar-refractivity contribution in [2.75, 3.05) is 5.32 Å². The Kier molecular flexibility index (Phi) is 5.12. The molecule has 0 saturated heterocycles. The van der Waals surface area contributed by atoms with E-state index in [1.807, 2.05) is 0 Å². The fourth-order valence-electron chi connectivity index (χ4n) is 2.04. The van der Waals surface area contributed by atoms with Gasteiger partial charge in [-0.05, 0) is 48.9 Å². The molecule has 2 aromatic carbocycles. The molecule has 0 heterocycles. The standard InChI is InChI=1S/C16H17FN2O3S/c1-11(13-3-5-14(17)6-4-13)19-23(21,22)16-9-7-15(8-10-16)18-12(2)20/h3-11,19H,1-2H3,(H,18,20)/t11-/m0/s1. The van der Waals surface area contributed by atoms with Crippen LogP contribution in [0.1, 0.15) is 25.5 Å². The molecule has 0 bridgehead atoms. The number of carbonyl (C=O) groups is 1. The van der Waals surface area contributed by atoms with Crippen LogP contribution in [0, 0.1) is 5.82 Å². The van der Waals surface area contributed by atoms with Gasteiger partial charge in [0.25, 0.3) is 0 Å². The molecular weight excluding hydrogens is 319 g/mol. The molecule has 0 aliphatic carbocycles. The molecule has 0 radical (unpaired) electrons. The average molecular weight is 336 g/mol. The number of halogens is 1. The normalized spacial score (nSPS) is 12.7. The number of rotatable bonds is 5. The summed E-state index contributed by atoms with van der Waals surface area (Å²) in [6, 6.07) is 11.0. The molecule has 2 aromatic rings. The zero-order valence-corrected chi connectivity index (χ0v) is 13.5. The Morgan fingerprint density at radius 2 is 1.61 bits per heavy atom. The van der Waals surface area contributed by atoms with Crippen LogP contribution in [0.3, 0.4) is 0 Å². The van der Waals surface area contributed by atoms with Gasteiger partial charge >= 0.3 is 0 Å². The van der Waals surface area contributed by atoms with Crippen LogP contribution < -0.4 is 10.0 Å². The molecule has 0 unspecified atom stereocenters. The van der Waals surface area contributed by atoms with E-state index in [0.29, 0.717) is 11.3 Å². The van der Waals surface area contributed by atoms with Crippen molar-refractivity contribution in [3.63, 3.8) is 0 Å². The SMILES string of the molecule is CC(=O)Nc1ccc(S(=O)(=O)N[C@@H](C)c2ccc(F)cc2)cc1. The van der Waals surface area contributed by atoms with E-state index in [0.717, 1.165) is 0 Å².